The highest BCUT2D eigenvalue weighted by Crippen LogP contribution is 2.27. The molecule has 0 aliphatic carbocycles. The second-order valence-corrected chi connectivity index (χ2v) is 8.54. The molecule has 0 unspecified atom stereocenters. The zero-order chi connectivity index (χ0) is 19.3. The van der Waals surface area contributed by atoms with E-state index in [1.807, 2.05) is 54.2 Å². The summed E-state index contributed by atoms with van der Waals surface area (Å²) in [4.78, 5) is 20.5. The van der Waals surface area contributed by atoms with Crippen molar-refractivity contribution in [1.29, 1.82) is 0 Å². The lowest BCUT2D eigenvalue weighted by Crippen LogP contribution is -2.34. The summed E-state index contributed by atoms with van der Waals surface area (Å²) in [6.07, 6.45) is 6.19. The fourth-order valence-corrected chi connectivity index (χ4v) is 4.53. The van der Waals surface area contributed by atoms with E-state index in [2.05, 4.69) is 20.3 Å². The van der Waals surface area contributed by atoms with Crippen LogP contribution in [0.5, 0.6) is 0 Å². The van der Waals surface area contributed by atoms with E-state index in [4.69, 9.17) is 0 Å². The molecular weight excluding hydrogens is 370 g/mol. The number of benzene rings is 1. The summed E-state index contributed by atoms with van der Waals surface area (Å²) in [6.45, 7) is 5.07. The van der Waals surface area contributed by atoms with Crippen LogP contribution in [0.3, 0.4) is 0 Å². The lowest BCUT2D eigenvalue weighted by atomic mass is 10.1. The second-order valence-electron chi connectivity index (χ2n) is 7.22. The third-order valence-electron chi connectivity index (χ3n) is 5.10. The third-order valence-corrected chi connectivity index (χ3v) is 5.99. The fourth-order valence-electron chi connectivity index (χ4n) is 3.69. The minimum Gasteiger partial charge on any atom is -0.311 e. The molecule has 28 heavy (non-hydrogen) atoms. The number of hydrogen-bond donors (Lipinski definition) is 1. The third kappa shape index (κ3) is 4.66. The molecule has 0 atom stereocenters. The van der Waals surface area contributed by atoms with Gasteiger partial charge in [0.25, 0.3) is 0 Å². The molecule has 0 saturated carbocycles. The normalized spacial score (nSPS) is 15.6. The monoisotopic (exact) mass is 395 g/mol. The van der Waals surface area contributed by atoms with Crippen LogP contribution >= 0.6 is 11.3 Å². The molecular formula is C21H25N5OS. The van der Waals surface area contributed by atoms with E-state index >= 15 is 0 Å². The van der Waals surface area contributed by atoms with Gasteiger partial charge >= 0.3 is 0 Å². The molecule has 7 heteroatoms. The number of carbonyl (C=O) groups is 1. The van der Waals surface area contributed by atoms with Crippen LogP contribution in [0.2, 0.25) is 0 Å². The van der Waals surface area contributed by atoms with Crippen molar-refractivity contribution in [2.45, 2.75) is 38.8 Å². The zero-order valence-electron chi connectivity index (χ0n) is 16.0. The molecule has 1 aliphatic heterocycles. The van der Waals surface area contributed by atoms with Crippen LogP contribution < -0.4 is 5.32 Å². The fraction of sp³-hybridized carbons (Fsp3) is 0.381. The zero-order valence-corrected chi connectivity index (χ0v) is 16.9. The average Bonchev–Trinajstić information content (AvgIpc) is 3.32. The van der Waals surface area contributed by atoms with Gasteiger partial charge in [-0.2, -0.15) is 5.10 Å². The molecule has 3 heterocycles. The number of rotatable bonds is 6. The summed E-state index contributed by atoms with van der Waals surface area (Å²) in [6, 6.07) is 12.0. The highest BCUT2D eigenvalue weighted by molar-refractivity contribution is 7.11. The van der Waals surface area contributed by atoms with Crippen molar-refractivity contribution in [3.8, 4) is 0 Å². The lowest BCUT2D eigenvalue weighted by Gasteiger charge is -2.32. The van der Waals surface area contributed by atoms with Gasteiger partial charge in [0.15, 0.2) is 0 Å². The Hall–Kier alpha value is -2.51. The molecule has 1 saturated heterocycles. The molecule has 3 aromatic rings. The van der Waals surface area contributed by atoms with Crippen molar-refractivity contribution in [1.82, 2.24) is 19.7 Å². The van der Waals surface area contributed by atoms with Crippen LogP contribution in [0, 0.1) is 6.92 Å². The van der Waals surface area contributed by atoms with Gasteiger partial charge in [0.2, 0.25) is 5.91 Å². The van der Waals surface area contributed by atoms with Crippen molar-refractivity contribution in [3.05, 3.63) is 64.2 Å². The predicted molar refractivity (Wildman–Crippen MR) is 111 cm³/mol. The first-order valence-electron chi connectivity index (χ1n) is 9.68. The number of aromatic nitrogens is 3. The number of aryl methyl sites for hydroxylation is 1. The molecule has 1 fully saturated rings. The first kappa shape index (κ1) is 18.8. The van der Waals surface area contributed by atoms with E-state index in [1.54, 1.807) is 17.5 Å². The van der Waals surface area contributed by atoms with Crippen LogP contribution in [-0.4, -0.2) is 38.7 Å². The molecule has 2 aromatic heterocycles. The SMILES string of the molecule is Cc1ncc(CN2CCC(n3nccc3NC(=O)Cc3ccccc3)CC2)s1. The first-order chi connectivity index (χ1) is 13.7. The molecule has 1 amide bonds. The molecule has 0 spiro atoms. The minimum absolute atomic E-state index is 0.00838. The molecule has 0 bridgehead atoms. The van der Waals surface area contributed by atoms with Crippen molar-refractivity contribution in [2.24, 2.45) is 0 Å². The van der Waals surface area contributed by atoms with Crippen LogP contribution in [0.1, 0.15) is 34.3 Å². The lowest BCUT2D eigenvalue weighted by molar-refractivity contribution is -0.115. The van der Waals surface area contributed by atoms with E-state index in [-0.39, 0.29) is 5.91 Å². The number of nitrogens with one attached hydrogen (secondary N) is 1. The van der Waals surface area contributed by atoms with Gasteiger partial charge in [0.1, 0.15) is 5.82 Å². The minimum atomic E-state index is -0.00838. The number of likely N-dealkylation sites (tertiary alicyclic amines) is 1. The number of anilines is 1. The Morgan fingerprint density at radius 3 is 2.71 bits per heavy atom. The summed E-state index contributed by atoms with van der Waals surface area (Å²) in [5.74, 6) is 0.781. The standard InChI is InChI=1S/C21H25N5OS/c1-16-22-14-19(28-16)15-25-11-8-18(9-12-25)26-20(7-10-23-26)24-21(27)13-17-5-3-2-4-6-17/h2-7,10,14,18H,8-9,11-13,15H2,1H3,(H,24,27). The van der Waals surface area contributed by atoms with Crippen molar-refractivity contribution in [3.63, 3.8) is 0 Å². The van der Waals surface area contributed by atoms with Gasteiger partial charge in [-0.1, -0.05) is 30.3 Å². The summed E-state index contributed by atoms with van der Waals surface area (Å²) in [5.41, 5.74) is 1.01. The summed E-state index contributed by atoms with van der Waals surface area (Å²) in [7, 11) is 0. The van der Waals surface area contributed by atoms with Gasteiger partial charge in [0.05, 0.1) is 23.7 Å². The Bertz CT molecular complexity index is 912. The highest BCUT2D eigenvalue weighted by Gasteiger charge is 2.23. The van der Waals surface area contributed by atoms with Crippen LogP contribution in [0.4, 0.5) is 5.82 Å². The van der Waals surface area contributed by atoms with Gasteiger partial charge < -0.3 is 5.32 Å². The summed E-state index contributed by atoms with van der Waals surface area (Å²) in [5, 5.41) is 8.64. The van der Waals surface area contributed by atoms with E-state index < -0.39 is 0 Å². The number of piperidine rings is 1. The predicted octanol–water partition coefficient (Wildman–Crippen LogP) is 3.67. The number of nitrogens with zero attached hydrogens (tertiary/aromatic N) is 4. The van der Waals surface area contributed by atoms with Gasteiger partial charge in [0, 0.05) is 36.8 Å². The molecule has 0 radical (unpaired) electrons. The van der Waals surface area contributed by atoms with Crippen LogP contribution in [0.15, 0.2) is 48.8 Å². The van der Waals surface area contributed by atoms with Gasteiger partial charge in [-0.05, 0) is 25.3 Å². The van der Waals surface area contributed by atoms with E-state index in [9.17, 15) is 4.79 Å². The van der Waals surface area contributed by atoms with Gasteiger partial charge in [-0.15, -0.1) is 11.3 Å². The Morgan fingerprint density at radius 1 is 1.21 bits per heavy atom. The summed E-state index contributed by atoms with van der Waals surface area (Å²) < 4.78 is 1.98. The Balaban J connectivity index is 1.32. The van der Waals surface area contributed by atoms with E-state index in [1.165, 1.54) is 4.88 Å². The van der Waals surface area contributed by atoms with Gasteiger partial charge in [-0.25, -0.2) is 9.67 Å². The van der Waals surface area contributed by atoms with Gasteiger partial charge in [-0.3, -0.25) is 9.69 Å². The maximum atomic E-state index is 12.4. The van der Waals surface area contributed by atoms with E-state index in [0.29, 0.717) is 12.5 Å². The second kappa shape index (κ2) is 8.67. The quantitative estimate of drug-likeness (QED) is 0.692. The molecule has 6 nitrogen and oxygen atoms in total. The van der Waals surface area contributed by atoms with Crippen LogP contribution in [-0.2, 0) is 17.8 Å². The number of amides is 1. The first-order valence-corrected chi connectivity index (χ1v) is 10.5. The molecule has 4 rings (SSSR count). The molecule has 146 valence electrons. The maximum Gasteiger partial charge on any atom is 0.229 e. The van der Waals surface area contributed by atoms with E-state index in [0.717, 1.165) is 48.9 Å². The number of carbonyl (C=O) groups excluding carboxylic acids is 1. The van der Waals surface area contributed by atoms with Crippen molar-refractivity contribution < 1.29 is 4.79 Å². The van der Waals surface area contributed by atoms with Crippen molar-refractivity contribution >= 4 is 23.1 Å². The maximum absolute atomic E-state index is 12.4. The molecule has 1 N–H and O–H groups in total. The Kier molecular flexibility index (Phi) is 5.83. The molecule has 1 aromatic carbocycles. The Labute approximate surface area is 169 Å². The highest BCUT2D eigenvalue weighted by atomic mass is 32.1. The summed E-state index contributed by atoms with van der Waals surface area (Å²) >= 11 is 1.77. The van der Waals surface area contributed by atoms with Crippen LogP contribution in [0.25, 0.3) is 0 Å². The number of hydrogen-bond acceptors (Lipinski definition) is 5. The largest absolute Gasteiger partial charge is 0.311 e. The van der Waals surface area contributed by atoms with Crippen molar-refractivity contribution in [2.75, 3.05) is 18.4 Å². The number of thiazole rings is 1. The topological polar surface area (TPSA) is 63.1 Å². The Morgan fingerprint density at radius 2 is 2.00 bits per heavy atom. The molecule has 1 aliphatic rings. The smallest absolute Gasteiger partial charge is 0.229 e. The average molecular weight is 396 g/mol.